The minimum Gasteiger partial charge on any atom is -0.318 e. The fourth-order valence-corrected chi connectivity index (χ4v) is 2.27. The molecule has 0 aromatic carbocycles. The van der Waals surface area contributed by atoms with Crippen molar-refractivity contribution < 1.29 is 4.79 Å². The van der Waals surface area contributed by atoms with Crippen LogP contribution in [0, 0.1) is 13.8 Å². The van der Waals surface area contributed by atoms with Crippen LogP contribution in [0.2, 0.25) is 0 Å². The molecule has 0 spiro atoms. The number of carbonyl (C=O) groups is 1. The minimum absolute atomic E-state index is 0.116. The van der Waals surface area contributed by atoms with Crippen LogP contribution in [0.4, 0.5) is 5.13 Å². The third-order valence-corrected chi connectivity index (χ3v) is 3.61. The van der Waals surface area contributed by atoms with Gasteiger partial charge in [0.2, 0.25) is 0 Å². The van der Waals surface area contributed by atoms with Crippen LogP contribution < -0.4 is 10.9 Å². The first kappa shape index (κ1) is 12.5. The number of amides is 1. The van der Waals surface area contributed by atoms with E-state index < -0.39 is 5.91 Å². The van der Waals surface area contributed by atoms with E-state index in [-0.39, 0.29) is 11.1 Å². The van der Waals surface area contributed by atoms with Gasteiger partial charge in [0.25, 0.3) is 11.5 Å². The largest absolute Gasteiger partial charge is 0.318 e. The number of hydrogen-bond donors (Lipinski definition) is 1. The first-order valence-electron chi connectivity index (χ1n) is 5.40. The van der Waals surface area contributed by atoms with Crippen molar-refractivity contribution in [3.05, 3.63) is 44.8 Å². The highest BCUT2D eigenvalue weighted by Crippen LogP contribution is 2.21. The van der Waals surface area contributed by atoms with E-state index in [0.29, 0.717) is 5.13 Å². The van der Waals surface area contributed by atoms with Gasteiger partial charge in [-0.2, -0.15) is 0 Å². The Kier molecular flexibility index (Phi) is 3.29. The van der Waals surface area contributed by atoms with Gasteiger partial charge in [0, 0.05) is 18.1 Å². The zero-order valence-corrected chi connectivity index (χ0v) is 11.2. The number of nitrogens with one attached hydrogen (secondary N) is 1. The normalized spacial score (nSPS) is 10.4. The first-order valence-corrected chi connectivity index (χ1v) is 6.21. The van der Waals surface area contributed by atoms with Gasteiger partial charge in [0.1, 0.15) is 5.56 Å². The van der Waals surface area contributed by atoms with E-state index in [0.717, 1.165) is 10.6 Å². The average molecular weight is 263 g/mol. The Morgan fingerprint density at radius 2 is 2.17 bits per heavy atom. The predicted molar refractivity (Wildman–Crippen MR) is 71.2 cm³/mol. The van der Waals surface area contributed by atoms with Gasteiger partial charge in [0.05, 0.1) is 5.69 Å². The van der Waals surface area contributed by atoms with Crippen molar-refractivity contribution in [3.63, 3.8) is 0 Å². The highest BCUT2D eigenvalue weighted by Gasteiger charge is 2.13. The molecule has 0 radical (unpaired) electrons. The molecule has 2 heterocycles. The zero-order valence-electron chi connectivity index (χ0n) is 10.4. The molecule has 18 heavy (non-hydrogen) atoms. The average Bonchev–Trinajstić information content (AvgIpc) is 2.61. The second-order valence-corrected chi connectivity index (χ2v) is 5.16. The van der Waals surface area contributed by atoms with Crippen LogP contribution in [0.5, 0.6) is 0 Å². The summed E-state index contributed by atoms with van der Waals surface area (Å²) in [5.41, 5.74) is 0.682. The number of hydrogen-bond acceptors (Lipinski definition) is 4. The van der Waals surface area contributed by atoms with Crippen LogP contribution in [0.15, 0.2) is 23.1 Å². The molecule has 0 aliphatic rings. The molecule has 1 amide bonds. The lowest BCUT2D eigenvalue weighted by Gasteiger charge is -2.02. The van der Waals surface area contributed by atoms with Crippen molar-refractivity contribution in [2.75, 3.05) is 5.32 Å². The summed E-state index contributed by atoms with van der Waals surface area (Å²) in [5, 5.41) is 3.16. The summed E-state index contributed by atoms with van der Waals surface area (Å²) in [6, 6.07) is 3.17. The van der Waals surface area contributed by atoms with Crippen LogP contribution >= 0.6 is 11.3 Å². The number of pyridine rings is 1. The topological polar surface area (TPSA) is 64.0 Å². The zero-order chi connectivity index (χ0) is 13.3. The van der Waals surface area contributed by atoms with Crippen molar-refractivity contribution in [2.24, 2.45) is 7.05 Å². The van der Waals surface area contributed by atoms with Gasteiger partial charge in [-0.25, -0.2) is 4.98 Å². The van der Waals surface area contributed by atoms with Gasteiger partial charge in [-0.05, 0) is 26.0 Å². The number of nitrogens with zero attached hydrogens (tertiary/aromatic N) is 2. The SMILES string of the molecule is Cc1nc(NC(=O)c2cccn(C)c2=O)sc1C. The van der Waals surface area contributed by atoms with Crippen LogP contribution in [-0.2, 0) is 7.05 Å². The molecular weight excluding hydrogens is 250 g/mol. The fraction of sp³-hybridized carbons (Fsp3) is 0.250. The molecule has 0 aliphatic carbocycles. The fourth-order valence-electron chi connectivity index (χ4n) is 1.46. The summed E-state index contributed by atoms with van der Waals surface area (Å²) < 4.78 is 1.37. The van der Waals surface area contributed by atoms with Gasteiger partial charge >= 0.3 is 0 Å². The molecule has 6 heteroatoms. The van der Waals surface area contributed by atoms with Crippen LogP contribution in [0.25, 0.3) is 0 Å². The lowest BCUT2D eigenvalue weighted by Crippen LogP contribution is -2.26. The van der Waals surface area contributed by atoms with Gasteiger partial charge < -0.3 is 4.57 Å². The number of aryl methyl sites for hydroxylation is 3. The van der Waals surface area contributed by atoms with E-state index in [9.17, 15) is 9.59 Å². The maximum Gasteiger partial charge on any atom is 0.263 e. The quantitative estimate of drug-likeness (QED) is 0.897. The van der Waals surface area contributed by atoms with Crippen LogP contribution in [-0.4, -0.2) is 15.5 Å². The molecule has 2 aromatic rings. The Morgan fingerprint density at radius 1 is 1.44 bits per heavy atom. The Bertz CT molecular complexity index is 638. The summed E-state index contributed by atoms with van der Waals surface area (Å²) in [7, 11) is 1.61. The molecule has 0 atom stereocenters. The maximum absolute atomic E-state index is 11.9. The van der Waals surface area contributed by atoms with E-state index >= 15 is 0 Å². The third kappa shape index (κ3) is 2.33. The molecule has 0 saturated heterocycles. The number of anilines is 1. The maximum atomic E-state index is 11.9. The van der Waals surface area contributed by atoms with Gasteiger partial charge in [-0.15, -0.1) is 11.3 Å². The monoisotopic (exact) mass is 263 g/mol. The number of thiazole rings is 1. The highest BCUT2D eigenvalue weighted by atomic mass is 32.1. The van der Waals surface area contributed by atoms with Crippen molar-refractivity contribution in [1.29, 1.82) is 0 Å². The van der Waals surface area contributed by atoms with Gasteiger partial charge in [-0.1, -0.05) is 0 Å². The second-order valence-electron chi connectivity index (χ2n) is 3.95. The van der Waals surface area contributed by atoms with Crippen LogP contribution in [0.3, 0.4) is 0 Å². The third-order valence-electron chi connectivity index (χ3n) is 2.62. The molecule has 0 saturated carbocycles. The smallest absolute Gasteiger partial charge is 0.263 e. The summed E-state index contributed by atoms with van der Waals surface area (Å²) >= 11 is 1.40. The summed E-state index contributed by atoms with van der Waals surface area (Å²) in [5.74, 6) is -0.426. The van der Waals surface area contributed by atoms with Gasteiger partial charge in [0.15, 0.2) is 5.13 Å². The second kappa shape index (κ2) is 4.73. The molecule has 0 unspecified atom stereocenters. The van der Waals surface area contributed by atoms with Crippen molar-refractivity contribution >= 4 is 22.4 Å². The number of rotatable bonds is 2. The van der Waals surface area contributed by atoms with Crippen molar-refractivity contribution in [1.82, 2.24) is 9.55 Å². The van der Waals surface area contributed by atoms with Crippen molar-refractivity contribution in [3.8, 4) is 0 Å². The lowest BCUT2D eigenvalue weighted by molar-refractivity contribution is 0.102. The summed E-state index contributed by atoms with van der Waals surface area (Å²) in [4.78, 5) is 29.0. The van der Waals surface area contributed by atoms with E-state index in [2.05, 4.69) is 10.3 Å². The Balaban J connectivity index is 2.27. The molecule has 0 aliphatic heterocycles. The Labute approximate surface area is 108 Å². The minimum atomic E-state index is -0.426. The molecule has 2 aromatic heterocycles. The summed E-state index contributed by atoms with van der Waals surface area (Å²) in [6.07, 6.45) is 1.61. The molecule has 5 nitrogen and oxygen atoms in total. The van der Waals surface area contributed by atoms with Crippen molar-refractivity contribution in [2.45, 2.75) is 13.8 Å². The molecule has 0 bridgehead atoms. The highest BCUT2D eigenvalue weighted by molar-refractivity contribution is 7.15. The molecule has 94 valence electrons. The van der Waals surface area contributed by atoms with Crippen LogP contribution in [0.1, 0.15) is 20.9 Å². The van der Waals surface area contributed by atoms with E-state index in [1.165, 1.54) is 22.0 Å². The predicted octanol–water partition coefficient (Wildman–Crippen LogP) is 1.71. The standard InChI is InChI=1S/C12H13N3O2S/c1-7-8(2)18-12(13-7)14-10(16)9-5-4-6-15(3)11(9)17/h4-6H,1-3H3,(H,13,14,16). The molecule has 1 N–H and O–H groups in total. The number of carbonyl (C=O) groups excluding carboxylic acids is 1. The number of aromatic nitrogens is 2. The summed E-state index contributed by atoms with van der Waals surface area (Å²) in [6.45, 7) is 3.81. The first-order chi connectivity index (χ1) is 8.49. The Hall–Kier alpha value is -1.95. The van der Waals surface area contributed by atoms with Gasteiger partial charge in [-0.3, -0.25) is 14.9 Å². The van der Waals surface area contributed by atoms with E-state index in [1.54, 1.807) is 19.3 Å². The molecule has 2 rings (SSSR count). The Morgan fingerprint density at radius 3 is 2.78 bits per heavy atom. The molecular formula is C12H13N3O2S. The van der Waals surface area contributed by atoms with E-state index in [4.69, 9.17) is 0 Å². The van der Waals surface area contributed by atoms with E-state index in [1.807, 2.05) is 13.8 Å². The lowest BCUT2D eigenvalue weighted by atomic mass is 10.2. The molecule has 0 fully saturated rings.